The number of hydrogen-bond donors (Lipinski definition) is 0. The monoisotopic (exact) mass is 224 g/mol. The lowest BCUT2D eigenvalue weighted by molar-refractivity contribution is 0.228. The second-order valence-corrected chi connectivity index (χ2v) is 4.78. The molecule has 2 rings (SSSR count). The highest BCUT2D eigenvalue weighted by molar-refractivity contribution is 7.91. The summed E-state index contributed by atoms with van der Waals surface area (Å²) in [5.74, 6) is -3.34. The zero-order chi connectivity index (χ0) is 10.3. The summed E-state index contributed by atoms with van der Waals surface area (Å²) >= 11 is 0. The van der Waals surface area contributed by atoms with Gasteiger partial charge in [0, 0.05) is 5.92 Å². The number of hydrogen-bond acceptors (Lipinski definition) is 5. The van der Waals surface area contributed by atoms with Crippen molar-refractivity contribution in [2.45, 2.75) is 29.7 Å². The van der Waals surface area contributed by atoms with Gasteiger partial charge in [-0.05, 0) is 12.8 Å². The third-order valence-electron chi connectivity index (χ3n) is 1.83. The largest absolute Gasteiger partial charge is 0.412 e. The normalized spacial score (nSPS) is 17.6. The van der Waals surface area contributed by atoms with E-state index in [1.54, 1.807) is 0 Å². The number of rotatable bonds is 3. The summed E-state index contributed by atoms with van der Waals surface area (Å²) in [6.07, 6.45) is 1.66. The SMILES string of the molecule is O=S(=O)(c1nnc(C2CC2)o1)C(F)F. The quantitative estimate of drug-likeness (QED) is 0.764. The van der Waals surface area contributed by atoms with E-state index in [2.05, 4.69) is 14.6 Å². The maximum absolute atomic E-state index is 12.0. The molecule has 1 aromatic heterocycles. The van der Waals surface area contributed by atoms with Gasteiger partial charge in [0.25, 0.3) is 9.84 Å². The summed E-state index contributed by atoms with van der Waals surface area (Å²) in [4.78, 5) is 0. The van der Waals surface area contributed by atoms with Crippen LogP contribution in [0.3, 0.4) is 0 Å². The molecule has 0 saturated heterocycles. The molecule has 0 radical (unpaired) electrons. The number of nitrogens with zero attached hydrogens (tertiary/aromatic N) is 2. The summed E-state index contributed by atoms with van der Waals surface area (Å²) in [6, 6.07) is 0. The first-order valence-electron chi connectivity index (χ1n) is 3.87. The van der Waals surface area contributed by atoms with E-state index in [1.165, 1.54) is 0 Å². The van der Waals surface area contributed by atoms with Gasteiger partial charge in [-0.2, -0.15) is 8.78 Å². The van der Waals surface area contributed by atoms with E-state index in [9.17, 15) is 17.2 Å². The highest BCUT2D eigenvalue weighted by Crippen LogP contribution is 2.39. The van der Waals surface area contributed by atoms with Gasteiger partial charge in [-0.15, -0.1) is 5.10 Å². The van der Waals surface area contributed by atoms with Gasteiger partial charge in [0.15, 0.2) is 0 Å². The van der Waals surface area contributed by atoms with E-state index >= 15 is 0 Å². The lowest BCUT2D eigenvalue weighted by Crippen LogP contribution is -2.11. The van der Waals surface area contributed by atoms with Crippen molar-refractivity contribution in [1.82, 2.24) is 10.2 Å². The predicted molar refractivity (Wildman–Crippen MR) is 39.5 cm³/mol. The van der Waals surface area contributed by atoms with E-state index in [-0.39, 0.29) is 11.8 Å². The van der Waals surface area contributed by atoms with Crippen molar-refractivity contribution in [3.63, 3.8) is 0 Å². The fourth-order valence-corrected chi connectivity index (χ4v) is 1.42. The van der Waals surface area contributed by atoms with Crippen LogP contribution < -0.4 is 0 Å². The summed E-state index contributed by atoms with van der Waals surface area (Å²) < 4.78 is 50.3. The Hall–Kier alpha value is -1.05. The van der Waals surface area contributed by atoms with Crippen LogP contribution in [0.5, 0.6) is 0 Å². The van der Waals surface area contributed by atoms with Crippen LogP contribution in [-0.4, -0.2) is 24.4 Å². The lowest BCUT2D eigenvalue weighted by Gasteiger charge is -1.94. The minimum Gasteiger partial charge on any atom is -0.412 e. The maximum Gasteiger partial charge on any atom is 0.346 e. The fraction of sp³-hybridized carbons (Fsp3) is 0.667. The van der Waals surface area contributed by atoms with Crippen LogP contribution in [0.2, 0.25) is 0 Å². The predicted octanol–water partition coefficient (Wildman–Crippen LogP) is 0.943. The third-order valence-corrected chi connectivity index (χ3v) is 2.95. The van der Waals surface area contributed by atoms with Crippen LogP contribution in [0.1, 0.15) is 24.7 Å². The molecule has 0 amide bonds. The molecule has 1 aliphatic rings. The van der Waals surface area contributed by atoms with E-state index < -0.39 is 20.8 Å². The Labute approximate surface area is 78.0 Å². The fourth-order valence-electron chi connectivity index (χ4n) is 0.907. The van der Waals surface area contributed by atoms with Gasteiger partial charge in [-0.25, -0.2) is 8.42 Å². The lowest BCUT2D eigenvalue weighted by atomic mass is 10.4. The van der Waals surface area contributed by atoms with Crippen LogP contribution in [0.4, 0.5) is 8.78 Å². The second-order valence-electron chi connectivity index (χ2n) is 2.99. The van der Waals surface area contributed by atoms with E-state index in [0.29, 0.717) is 0 Å². The Balaban J connectivity index is 2.32. The van der Waals surface area contributed by atoms with Crippen molar-refractivity contribution in [3.05, 3.63) is 5.89 Å². The molecule has 1 heterocycles. The van der Waals surface area contributed by atoms with Gasteiger partial charge in [-0.3, -0.25) is 0 Å². The minimum absolute atomic E-state index is 0.0455. The van der Waals surface area contributed by atoms with Crippen molar-refractivity contribution < 1.29 is 21.6 Å². The Morgan fingerprint density at radius 2 is 2.00 bits per heavy atom. The molecule has 1 fully saturated rings. The number of aromatic nitrogens is 2. The van der Waals surface area contributed by atoms with E-state index in [4.69, 9.17) is 0 Å². The number of halogens is 2. The van der Waals surface area contributed by atoms with Crippen LogP contribution in [0.15, 0.2) is 9.64 Å². The average molecular weight is 224 g/mol. The molecule has 0 bridgehead atoms. The topological polar surface area (TPSA) is 73.1 Å². The first-order chi connectivity index (χ1) is 6.51. The zero-order valence-electron chi connectivity index (χ0n) is 6.85. The van der Waals surface area contributed by atoms with E-state index in [1.807, 2.05) is 0 Å². The molecule has 0 aliphatic heterocycles. The molecule has 0 aromatic carbocycles. The first kappa shape index (κ1) is 9.50. The van der Waals surface area contributed by atoms with Crippen molar-refractivity contribution >= 4 is 9.84 Å². The minimum atomic E-state index is -4.74. The van der Waals surface area contributed by atoms with Crippen LogP contribution in [0.25, 0.3) is 0 Å². The standard InChI is InChI=1S/C6H6F2N2O3S/c7-5(8)14(11,12)6-10-9-4(13-6)3-1-2-3/h3,5H,1-2H2. The molecule has 1 aliphatic carbocycles. The number of alkyl halides is 2. The summed E-state index contributed by atoms with van der Waals surface area (Å²) in [7, 11) is -4.74. The van der Waals surface area contributed by atoms with Gasteiger partial charge >= 0.3 is 11.0 Å². The van der Waals surface area contributed by atoms with Gasteiger partial charge < -0.3 is 4.42 Å². The van der Waals surface area contributed by atoms with Crippen molar-refractivity contribution in [2.75, 3.05) is 0 Å². The Kier molecular flexibility index (Phi) is 2.02. The molecule has 0 N–H and O–H groups in total. The van der Waals surface area contributed by atoms with Crippen LogP contribution in [0, 0.1) is 0 Å². The Morgan fingerprint density at radius 3 is 2.50 bits per heavy atom. The van der Waals surface area contributed by atoms with Gasteiger partial charge in [-0.1, -0.05) is 5.10 Å². The van der Waals surface area contributed by atoms with Crippen molar-refractivity contribution in [1.29, 1.82) is 0 Å². The van der Waals surface area contributed by atoms with Gasteiger partial charge in [0.2, 0.25) is 5.89 Å². The molecule has 0 unspecified atom stereocenters. The van der Waals surface area contributed by atoms with E-state index in [0.717, 1.165) is 12.8 Å². The summed E-state index contributed by atoms with van der Waals surface area (Å²) in [6.45, 7) is 0. The maximum atomic E-state index is 12.0. The smallest absolute Gasteiger partial charge is 0.346 e. The summed E-state index contributed by atoms with van der Waals surface area (Å²) in [5.41, 5.74) is 0. The molecule has 0 spiro atoms. The third kappa shape index (κ3) is 1.49. The van der Waals surface area contributed by atoms with Crippen LogP contribution >= 0.6 is 0 Å². The molecular weight excluding hydrogens is 218 g/mol. The molecule has 5 nitrogen and oxygen atoms in total. The highest BCUT2D eigenvalue weighted by Gasteiger charge is 2.36. The van der Waals surface area contributed by atoms with Crippen LogP contribution in [-0.2, 0) is 9.84 Å². The van der Waals surface area contributed by atoms with Gasteiger partial charge in [0.1, 0.15) is 0 Å². The molecule has 78 valence electrons. The van der Waals surface area contributed by atoms with Gasteiger partial charge in [0.05, 0.1) is 0 Å². The Bertz CT molecular complexity index is 438. The summed E-state index contributed by atoms with van der Waals surface area (Å²) in [5, 5.41) is 5.49. The zero-order valence-corrected chi connectivity index (χ0v) is 7.67. The second kappa shape index (κ2) is 2.97. The van der Waals surface area contributed by atoms with Crippen molar-refractivity contribution in [3.8, 4) is 0 Å². The molecule has 1 aromatic rings. The average Bonchev–Trinajstić information content (AvgIpc) is 2.83. The molecular formula is C6H6F2N2O3S. The first-order valence-corrected chi connectivity index (χ1v) is 5.42. The molecule has 8 heteroatoms. The molecule has 1 saturated carbocycles. The highest BCUT2D eigenvalue weighted by atomic mass is 32.2. The van der Waals surface area contributed by atoms with Crippen molar-refractivity contribution in [2.24, 2.45) is 0 Å². The Morgan fingerprint density at radius 1 is 1.36 bits per heavy atom. The number of sulfone groups is 1. The molecule has 0 atom stereocenters. The molecule has 14 heavy (non-hydrogen) atoms.